The van der Waals surface area contributed by atoms with Gasteiger partial charge >= 0.3 is 10.2 Å². The van der Waals surface area contributed by atoms with Gasteiger partial charge in [0, 0.05) is 12.7 Å². The van der Waals surface area contributed by atoms with Crippen LogP contribution in [0, 0.1) is 0 Å². The van der Waals surface area contributed by atoms with Crippen LogP contribution in [0.2, 0.25) is 0 Å². The van der Waals surface area contributed by atoms with E-state index in [1.54, 1.807) is 36.4 Å². The lowest BCUT2D eigenvalue weighted by Gasteiger charge is -2.23. The summed E-state index contributed by atoms with van der Waals surface area (Å²) in [6.45, 7) is 0. The van der Waals surface area contributed by atoms with Gasteiger partial charge in [0.2, 0.25) is 0 Å². The minimum atomic E-state index is -3.92. The lowest BCUT2D eigenvalue weighted by molar-refractivity contribution is -0.113. The highest BCUT2D eigenvalue weighted by atomic mass is 32.2. The van der Waals surface area contributed by atoms with Gasteiger partial charge in [0.15, 0.2) is 0 Å². The molecule has 0 unspecified atom stereocenters. The van der Waals surface area contributed by atoms with Crippen molar-refractivity contribution in [2.45, 2.75) is 0 Å². The first-order valence-corrected chi connectivity index (χ1v) is 8.96. The molecule has 0 saturated carbocycles. The number of benzene rings is 1. The van der Waals surface area contributed by atoms with Crippen molar-refractivity contribution in [2.75, 3.05) is 12.4 Å². The van der Waals surface area contributed by atoms with E-state index in [9.17, 15) is 13.2 Å². The third kappa shape index (κ3) is 3.17. The van der Waals surface area contributed by atoms with E-state index in [1.807, 2.05) is 11.4 Å². The number of nitrogens with one attached hydrogen (secondary N) is 1. The molecule has 1 aromatic heterocycles. The summed E-state index contributed by atoms with van der Waals surface area (Å²) in [5, 5.41) is 4.50. The molecule has 0 fully saturated rings. The molecule has 118 valence electrons. The van der Waals surface area contributed by atoms with Gasteiger partial charge in [0.1, 0.15) is 5.70 Å². The molecular weight excluding hydrogens is 334 g/mol. The summed E-state index contributed by atoms with van der Waals surface area (Å²) in [5.74, 6) is -0.508. The molecule has 2 aromatic rings. The van der Waals surface area contributed by atoms with Gasteiger partial charge in [-0.15, -0.1) is 15.7 Å². The van der Waals surface area contributed by atoms with E-state index in [-0.39, 0.29) is 11.4 Å². The molecule has 8 heteroatoms. The molecule has 0 saturated heterocycles. The normalized spacial score (nSPS) is 16.5. The van der Waals surface area contributed by atoms with Crippen LogP contribution in [-0.4, -0.2) is 31.4 Å². The van der Waals surface area contributed by atoms with E-state index < -0.39 is 16.1 Å². The van der Waals surface area contributed by atoms with Crippen LogP contribution in [0.3, 0.4) is 0 Å². The van der Waals surface area contributed by atoms with E-state index in [1.165, 1.54) is 24.5 Å². The minimum Gasteiger partial charge on any atom is -0.321 e. The van der Waals surface area contributed by atoms with Gasteiger partial charge in [-0.25, -0.2) is 4.31 Å². The molecule has 1 aromatic carbocycles. The predicted octanol–water partition coefficient (Wildman–Crippen LogP) is 2.25. The van der Waals surface area contributed by atoms with Crippen molar-refractivity contribution >= 4 is 38.9 Å². The number of hydrogen-bond donors (Lipinski definition) is 1. The zero-order valence-corrected chi connectivity index (χ0v) is 13.8. The first kappa shape index (κ1) is 15.4. The monoisotopic (exact) mass is 347 g/mol. The summed E-state index contributed by atoms with van der Waals surface area (Å²) in [5.41, 5.74) is 0.868. The molecule has 23 heavy (non-hydrogen) atoms. The van der Waals surface area contributed by atoms with Gasteiger partial charge in [-0.1, -0.05) is 24.3 Å². The number of carbonyl (C=O) groups is 1. The lowest BCUT2D eigenvalue weighted by Crippen LogP contribution is -2.35. The molecule has 1 aliphatic heterocycles. The van der Waals surface area contributed by atoms with Crippen molar-refractivity contribution in [1.82, 2.24) is 4.31 Å². The van der Waals surface area contributed by atoms with Gasteiger partial charge in [-0.2, -0.15) is 8.42 Å². The summed E-state index contributed by atoms with van der Waals surface area (Å²) in [7, 11) is -2.62. The highest BCUT2D eigenvalue weighted by Crippen LogP contribution is 2.22. The Morgan fingerprint density at radius 1 is 1.17 bits per heavy atom. The summed E-state index contributed by atoms with van der Waals surface area (Å²) >= 11 is 1.36. The molecule has 6 nitrogen and oxygen atoms in total. The molecular formula is C15H13N3O3S2. The number of amides is 1. The van der Waals surface area contributed by atoms with Crippen LogP contribution >= 0.6 is 11.3 Å². The fourth-order valence-electron chi connectivity index (χ4n) is 2.02. The fourth-order valence-corrected chi connectivity index (χ4v) is 3.67. The van der Waals surface area contributed by atoms with Gasteiger partial charge in [-0.05, 0) is 29.7 Å². The Morgan fingerprint density at radius 3 is 2.57 bits per heavy atom. The Kier molecular flexibility index (Phi) is 4.01. The summed E-state index contributed by atoms with van der Waals surface area (Å²) in [4.78, 5) is 13.1. The first-order valence-electron chi connectivity index (χ1n) is 6.68. The van der Waals surface area contributed by atoms with E-state index in [4.69, 9.17) is 0 Å². The standard InChI is InChI=1S/C15H13N3O3S2/c1-18-13(15(19)16-11-6-3-2-4-7-11)10-12(17-23(18,20)21)14-8-5-9-22-14/h2-10H,1H3,(H,16,19). The first-order chi connectivity index (χ1) is 11.0. The SMILES string of the molecule is CN1C(C(=O)Nc2ccccc2)=CC(c2cccs2)=NS1(=O)=O. The maximum atomic E-state index is 12.4. The molecule has 1 N–H and O–H groups in total. The Labute approximate surface area is 138 Å². The van der Waals surface area contributed by atoms with Crippen molar-refractivity contribution < 1.29 is 13.2 Å². The van der Waals surface area contributed by atoms with E-state index in [0.717, 1.165) is 4.31 Å². The number of para-hydroxylation sites is 1. The molecule has 1 aliphatic rings. The Morgan fingerprint density at radius 2 is 1.91 bits per heavy atom. The number of thiophene rings is 1. The largest absolute Gasteiger partial charge is 0.345 e. The van der Waals surface area contributed by atoms with Crippen LogP contribution < -0.4 is 5.32 Å². The number of likely N-dealkylation sites (N-methyl/N-ethyl adjacent to an activating group) is 1. The van der Waals surface area contributed by atoms with Crippen LogP contribution in [0.25, 0.3) is 0 Å². The van der Waals surface area contributed by atoms with E-state index in [2.05, 4.69) is 9.71 Å². The minimum absolute atomic E-state index is 0.0206. The van der Waals surface area contributed by atoms with Crippen LogP contribution in [0.5, 0.6) is 0 Å². The van der Waals surface area contributed by atoms with E-state index in [0.29, 0.717) is 10.6 Å². The topological polar surface area (TPSA) is 78.8 Å². The fraction of sp³-hybridized carbons (Fsp3) is 0.0667. The number of nitrogens with zero attached hydrogens (tertiary/aromatic N) is 2. The van der Waals surface area contributed by atoms with Crippen LogP contribution in [0.1, 0.15) is 4.88 Å². The average Bonchev–Trinajstić information content (AvgIpc) is 3.05. The molecule has 0 spiro atoms. The maximum Gasteiger partial charge on any atom is 0.345 e. The second kappa shape index (κ2) is 5.98. The van der Waals surface area contributed by atoms with Gasteiger partial charge < -0.3 is 5.32 Å². The second-order valence-electron chi connectivity index (χ2n) is 4.75. The zero-order chi connectivity index (χ0) is 16.4. The second-order valence-corrected chi connectivity index (χ2v) is 7.32. The van der Waals surface area contributed by atoms with Crippen molar-refractivity contribution in [3.05, 3.63) is 64.5 Å². The number of carbonyl (C=O) groups excluding carboxylic acids is 1. The van der Waals surface area contributed by atoms with Crippen molar-refractivity contribution in [3.8, 4) is 0 Å². The molecule has 1 amide bonds. The molecule has 0 atom stereocenters. The average molecular weight is 347 g/mol. The molecule has 3 rings (SSSR count). The Balaban J connectivity index is 1.96. The van der Waals surface area contributed by atoms with Crippen LogP contribution in [-0.2, 0) is 15.0 Å². The van der Waals surface area contributed by atoms with Crippen molar-refractivity contribution in [1.29, 1.82) is 0 Å². The third-order valence-corrected chi connectivity index (χ3v) is 5.42. The molecule has 0 bridgehead atoms. The van der Waals surface area contributed by atoms with Crippen LogP contribution in [0.15, 0.2) is 64.0 Å². The zero-order valence-electron chi connectivity index (χ0n) is 12.1. The Bertz CT molecular complexity index is 885. The number of allylic oxidation sites excluding steroid dienone is 1. The van der Waals surface area contributed by atoms with E-state index >= 15 is 0 Å². The summed E-state index contributed by atoms with van der Waals surface area (Å²) in [6, 6.07) is 12.4. The van der Waals surface area contributed by atoms with Gasteiger partial charge in [0.05, 0.1) is 10.6 Å². The third-order valence-electron chi connectivity index (χ3n) is 3.21. The highest BCUT2D eigenvalue weighted by molar-refractivity contribution is 7.88. The van der Waals surface area contributed by atoms with Crippen molar-refractivity contribution in [2.24, 2.45) is 4.40 Å². The smallest absolute Gasteiger partial charge is 0.321 e. The molecule has 0 aliphatic carbocycles. The van der Waals surface area contributed by atoms with Crippen LogP contribution in [0.4, 0.5) is 5.69 Å². The number of hydrogen-bond acceptors (Lipinski definition) is 4. The van der Waals surface area contributed by atoms with Gasteiger partial charge in [0.25, 0.3) is 5.91 Å². The lowest BCUT2D eigenvalue weighted by atomic mass is 10.2. The predicted molar refractivity (Wildman–Crippen MR) is 90.7 cm³/mol. The Hall–Kier alpha value is -2.45. The summed E-state index contributed by atoms with van der Waals surface area (Å²) in [6.07, 6.45) is 1.48. The molecule has 2 heterocycles. The number of anilines is 1. The highest BCUT2D eigenvalue weighted by Gasteiger charge is 2.30. The van der Waals surface area contributed by atoms with Crippen molar-refractivity contribution in [3.63, 3.8) is 0 Å². The quantitative estimate of drug-likeness (QED) is 0.925. The molecule has 0 radical (unpaired) electrons. The summed E-state index contributed by atoms with van der Waals surface area (Å²) < 4.78 is 29.0. The number of rotatable bonds is 3. The maximum absolute atomic E-state index is 12.4. The van der Waals surface area contributed by atoms with Gasteiger partial charge in [-0.3, -0.25) is 4.79 Å².